The lowest BCUT2D eigenvalue weighted by Crippen LogP contribution is -2.18. The molecule has 0 saturated heterocycles. The summed E-state index contributed by atoms with van der Waals surface area (Å²) in [6.07, 6.45) is 0. The Kier molecular flexibility index (Phi) is 8.20. The Bertz CT molecular complexity index is 1200. The van der Waals surface area contributed by atoms with Crippen LogP contribution in [-0.4, -0.2) is 30.9 Å². The van der Waals surface area contributed by atoms with Gasteiger partial charge in [-0.1, -0.05) is 75.4 Å². The van der Waals surface area contributed by atoms with Crippen LogP contribution in [0.25, 0.3) is 22.3 Å². The van der Waals surface area contributed by atoms with Crippen molar-refractivity contribution in [3.05, 3.63) is 94.3 Å². The molecular weight excluding hydrogens is 452 g/mol. The molecule has 3 aromatic carbocycles. The van der Waals surface area contributed by atoms with Crippen molar-refractivity contribution >= 4 is 41.2 Å². The zero-order valence-electron chi connectivity index (χ0n) is 20.3. The number of carbonyl (C=O) groups is 2. The molecule has 6 heteroatoms. The first kappa shape index (κ1) is 25.1. The summed E-state index contributed by atoms with van der Waals surface area (Å²) >= 11 is 0. The molecule has 3 aromatic rings. The number of carbonyl (C=O) groups excluding carboxylic acids is 2. The van der Waals surface area contributed by atoms with Crippen molar-refractivity contribution in [1.82, 2.24) is 0 Å². The predicted molar refractivity (Wildman–Crippen MR) is 150 cm³/mol. The molecule has 0 aliphatic heterocycles. The van der Waals surface area contributed by atoms with E-state index in [-0.39, 0.29) is 0 Å². The highest BCUT2D eigenvalue weighted by Crippen LogP contribution is 2.29. The van der Waals surface area contributed by atoms with Crippen LogP contribution in [0.3, 0.4) is 0 Å². The molecule has 0 radical (unpaired) electrons. The van der Waals surface area contributed by atoms with Gasteiger partial charge in [0.05, 0.1) is 19.0 Å². The van der Waals surface area contributed by atoms with Gasteiger partial charge in [0.25, 0.3) is 0 Å². The number of benzene rings is 3. The normalized spacial score (nSPS) is 11.2. The lowest BCUT2D eigenvalue weighted by Gasteiger charge is -2.13. The first-order valence-electron chi connectivity index (χ1n) is 11.4. The SMILES string of the molecule is CC(C)=C[SiH2]c1ccc(C(N)=O)c(-c2cccc(-c3cc([SiH2]C=C(C)C)ccc3C(N)=O)c2)c1. The fourth-order valence-corrected chi connectivity index (χ4v) is 6.28. The van der Waals surface area contributed by atoms with E-state index in [9.17, 15) is 9.59 Å². The molecule has 0 atom stereocenters. The van der Waals surface area contributed by atoms with Gasteiger partial charge in [0.1, 0.15) is 0 Å². The van der Waals surface area contributed by atoms with Crippen molar-refractivity contribution in [2.24, 2.45) is 11.5 Å². The highest BCUT2D eigenvalue weighted by Gasteiger charge is 2.15. The molecule has 2 amide bonds. The van der Waals surface area contributed by atoms with E-state index in [4.69, 9.17) is 11.5 Å². The van der Waals surface area contributed by atoms with Gasteiger partial charge in [-0.2, -0.15) is 0 Å². The molecule has 4 nitrogen and oxygen atoms in total. The molecule has 174 valence electrons. The fraction of sp³-hybridized carbons (Fsp3) is 0.143. The standard InChI is InChI=1S/C28H32N2O2Si2/c1-17(2)15-33-21-8-10-23(27(29)31)25(13-21)19-6-5-7-20(12-19)26-14-22(34-16-18(3)4)9-11-24(26)28(30)32/h5-16H,33-34H2,1-4H3,(H2,29,31)(H2,30,32). The maximum atomic E-state index is 12.2. The Morgan fingerprint density at radius 1 is 0.647 bits per heavy atom. The van der Waals surface area contributed by atoms with Gasteiger partial charge in [-0.05, 0) is 68.1 Å². The highest BCUT2D eigenvalue weighted by atomic mass is 28.2. The largest absolute Gasteiger partial charge is 0.366 e. The van der Waals surface area contributed by atoms with Crippen LogP contribution in [0.4, 0.5) is 0 Å². The van der Waals surface area contributed by atoms with E-state index >= 15 is 0 Å². The van der Waals surface area contributed by atoms with Crippen molar-refractivity contribution in [2.75, 3.05) is 0 Å². The van der Waals surface area contributed by atoms with Gasteiger partial charge in [-0.25, -0.2) is 0 Å². The van der Waals surface area contributed by atoms with Crippen LogP contribution < -0.4 is 21.8 Å². The average Bonchev–Trinajstić information content (AvgIpc) is 2.81. The summed E-state index contributed by atoms with van der Waals surface area (Å²) < 4.78 is 0. The summed E-state index contributed by atoms with van der Waals surface area (Å²) in [7, 11) is -1.20. The molecule has 4 N–H and O–H groups in total. The van der Waals surface area contributed by atoms with E-state index in [2.05, 4.69) is 51.2 Å². The summed E-state index contributed by atoms with van der Waals surface area (Å²) in [5, 5.41) is 2.47. The Balaban J connectivity index is 2.14. The molecule has 0 saturated carbocycles. The van der Waals surface area contributed by atoms with Gasteiger partial charge in [0.15, 0.2) is 0 Å². The minimum Gasteiger partial charge on any atom is -0.366 e. The summed E-state index contributed by atoms with van der Waals surface area (Å²) in [6, 6.07) is 19.7. The van der Waals surface area contributed by atoms with Crippen molar-refractivity contribution in [3.8, 4) is 22.3 Å². The number of amides is 2. The van der Waals surface area contributed by atoms with E-state index in [0.717, 1.165) is 22.3 Å². The number of primary amides is 2. The van der Waals surface area contributed by atoms with Crippen LogP contribution in [0, 0.1) is 0 Å². The number of allylic oxidation sites excluding steroid dienone is 2. The monoisotopic (exact) mass is 484 g/mol. The molecule has 0 bridgehead atoms. The Labute approximate surface area is 206 Å². The molecule has 0 spiro atoms. The van der Waals surface area contributed by atoms with Gasteiger partial charge < -0.3 is 11.5 Å². The van der Waals surface area contributed by atoms with Gasteiger partial charge in [-0.15, -0.1) is 0 Å². The summed E-state index contributed by atoms with van der Waals surface area (Å²) in [5.74, 6) is -0.910. The average molecular weight is 485 g/mol. The lowest BCUT2D eigenvalue weighted by molar-refractivity contribution is 0.0992. The fourth-order valence-electron chi connectivity index (χ4n) is 3.84. The van der Waals surface area contributed by atoms with Gasteiger partial charge in [-0.3, -0.25) is 9.59 Å². The van der Waals surface area contributed by atoms with E-state index in [0.29, 0.717) is 11.1 Å². The Morgan fingerprint density at radius 2 is 1.06 bits per heavy atom. The van der Waals surface area contributed by atoms with Crippen LogP contribution in [0.2, 0.25) is 0 Å². The number of nitrogens with two attached hydrogens (primary N) is 2. The van der Waals surface area contributed by atoms with Crippen LogP contribution in [0.5, 0.6) is 0 Å². The van der Waals surface area contributed by atoms with E-state index in [1.807, 2.05) is 48.5 Å². The maximum absolute atomic E-state index is 12.2. The van der Waals surface area contributed by atoms with Crippen LogP contribution >= 0.6 is 0 Å². The second-order valence-electron chi connectivity index (χ2n) is 9.04. The second kappa shape index (κ2) is 11.1. The van der Waals surface area contributed by atoms with E-state index < -0.39 is 30.9 Å². The van der Waals surface area contributed by atoms with Gasteiger partial charge >= 0.3 is 0 Å². The number of rotatable bonds is 8. The van der Waals surface area contributed by atoms with Crippen molar-refractivity contribution in [2.45, 2.75) is 27.7 Å². The Morgan fingerprint density at radius 3 is 1.41 bits per heavy atom. The first-order chi connectivity index (χ1) is 16.2. The van der Waals surface area contributed by atoms with Crippen molar-refractivity contribution in [3.63, 3.8) is 0 Å². The third kappa shape index (κ3) is 6.30. The molecular formula is C28H32N2O2Si2. The van der Waals surface area contributed by atoms with Crippen LogP contribution in [0.15, 0.2) is 83.2 Å². The topological polar surface area (TPSA) is 86.2 Å². The van der Waals surface area contributed by atoms with Crippen molar-refractivity contribution in [1.29, 1.82) is 0 Å². The Hall–Kier alpha value is -3.49. The molecule has 0 heterocycles. The number of hydrogen-bond acceptors (Lipinski definition) is 2. The predicted octanol–water partition coefficient (Wildman–Crippen LogP) is 2.65. The highest BCUT2D eigenvalue weighted by molar-refractivity contribution is 6.59. The van der Waals surface area contributed by atoms with Crippen LogP contribution in [-0.2, 0) is 0 Å². The van der Waals surface area contributed by atoms with Crippen molar-refractivity contribution < 1.29 is 9.59 Å². The third-order valence-corrected chi connectivity index (χ3v) is 9.54. The third-order valence-electron chi connectivity index (χ3n) is 5.68. The zero-order chi connectivity index (χ0) is 24.8. The van der Waals surface area contributed by atoms with Gasteiger partial charge in [0.2, 0.25) is 11.8 Å². The van der Waals surface area contributed by atoms with E-state index in [1.165, 1.54) is 21.5 Å². The lowest BCUT2D eigenvalue weighted by atomic mass is 9.93. The minimum atomic E-state index is -0.598. The molecule has 0 aliphatic rings. The summed E-state index contributed by atoms with van der Waals surface area (Å²) in [6.45, 7) is 8.39. The number of hydrogen-bond donors (Lipinski definition) is 2. The molecule has 3 rings (SSSR count). The molecule has 34 heavy (non-hydrogen) atoms. The smallest absolute Gasteiger partial charge is 0.249 e. The minimum absolute atomic E-state index is 0.455. The molecule has 0 unspecified atom stereocenters. The second-order valence-corrected chi connectivity index (χ2v) is 12.3. The summed E-state index contributed by atoms with van der Waals surface area (Å²) in [4.78, 5) is 24.4. The summed E-state index contributed by atoms with van der Waals surface area (Å²) in [5.41, 5.74) is 23.0. The van der Waals surface area contributed by atoms with E-state index in [1.54, 1.807) is 0 Å². The quantitative estimate of drug-likeness (QED) is 0.482. The zero-order valence-corrected chi connectivity index (χ0v) is 23.1. The molecule has 0 fully saturated rings. The first-order valence-corrected chi connectivity index (χ1v) is 14.4. The van der Waals surface area contributed by atoms with Gasteiger partial charge in [0, 0.05) is 11.1 Å². The van der Waals surface area contributed by atoms with Crippen LogP contribution in [0.1, 0.15) is 48.4 Å². The molecule has 0 aliphatic carbocycles. The maximum Gasteiger partial charge on any atom is 0.249 e. The molecule has 0 aromatic heterocycles.